The molecule has 0 spiro atoms. The van der Waals surface area contributed by atoms with Crippen LogP contribution in [-0.4, -0.2) is 74.5 Å². The van der Waals surface area contributed by atoms with Crippen molar-refractivity contribution in [2.24, 2.45) is 0 Å². The second-order valence-electron chi connectivity index (χ2n) is 7.66. The maximum absolute atomic E-state index is 12.8. The van der Waals surface area contributed by atoms with E-state index >= 15 is 0 Å². The molecule has 0 saturated carbocycles. The van der Waals surface area contributed by atoms with Gasteiger partial charge in [-0.3, -0.25) is 4.79 Å². The number of likely N-dealkylation sites (tertiary alicyclic amines) is 1. The lowest BCUT2D eigenvalue weighted by atomic mass is 9.97. The molecule has 0 aliphatic carbocycles. The van der Waals surface area contributed by atoms with Crippen molar-refractivity contribution in [2.75, 3.05) is 32.9 Å². The lowest BCUT2D eigenvalue weighted by Crippen LogP contribution is -2.49. The van der Waals surface area contributed by atoms with E-state index in [-0.39, 0.29) is 46.6 Å². The van der Waals surface area contributed by atoms with Gasteiger partial charge < -0.3 is 14.4 Å². The smallest absolute Gasteiger partial charge is 0.340 e. The Morgan fingerprint density at radius 3 is 2.43 bits per heavy atom. The quantitative estimate of drug-likeness (QED) is 0.628. The highest BCUT2D eigenvalue weighted by Crippen LogP contribution is 2.25. The number of morpholine rings is 1. The van der Waals surface area contributed by atoms with Gasteiger partial charge in [-0.25, -0.2) is 13.2 Å². The van der Waals surface area contributed by atoms with E-state index in [1.807, 2.05) is 13.8 Å². The third-order valence-corrected chi connectivity index (χ3v) is 7.80. The summed E-state index contributed by atoms with van der Waals surface area (Å²) in [5.74, 6) is -1.10. The zero-order chi connectivity index (χ0) is 21.9. The first-order valence-corrected chi connectivity index (χ1v) is 11.9. The number of piperidine rings is 1. The summed E-state index contributed by atoms with van der Waals surface area (Å²) in [6, 6.07) is 4.08. The first-order chi connectivity index (χ1) is 14.2. The Labute approximate surface area is 182 Å². The van der Waals surface area contributed by atoms with Crippen molar-refractivity contribution in [3.05, 3.63) is 28.8 Å². The van der Waals surface area contributed by atoms with Crippen molar-refractivity contribution in [3.63, 3.8) is 0 Å². The van der Waals surface area contributed by atoms with E-state index in [2.05, 4.69) is 0 Å². The monoisotopic (exact) mass is 458 g/mol. The highest BCUT2D eigenvalue weighted by atomic mass is 35.5. The molecule has 2 heterocycles. The van der Waals surface area contributed by atoms with Crippen molar-refractivity contribution in [1.82, 2.24) is 9.21 Å². The molecule has 1 aromatic carbocycles. The largest absolute Gasteiger partial charge is 0.452 e. The molecule has 166 valence electrons. The Bertz CT molecular complexity index is 891. The second kappa shape index (κ2) is 9.64. The zero-order valence-electron chi connectivity index (χ0n) is 17.2. The summed E-state index contributed by atoms with van der Waals surface area (Å²) >= 11 is 6.11. The number of sulfonamides is 1. The number of hydrogen-bond acceptors (Lipinski definition) is 6. The standard InChI is InChI=1S/C20H27ClN2O6S/c1-14-4-3-5-15(2)23(14)19(24)13-29-20(25)17-12-16(6-7-18(17)21)30(26,27)22-8-10-28-11-9-22/h6-7,12,14-15H,3-5,8-11,13H2,1-2H3/t14-,15-/m0/s1. The number of rotatable bonds is 5. The van der Waals surface area contributed by atoms with Gasteiger partial charge in [-0.15, -0.1) is 0 Å². The third kappa shape index (κ3) is 4.96. The molecule has 0 bridgehead atoms. The number of carbonyl (C=O) groups excluding carboxylic acids is 2. The highest BCUT2D eigenvalue weighted by molar-refractivity contribution is 7.89. The number of carbonyl (C=O) groups is 2. The molecule has 1 amide bonds. The predicted molar refractivity (Wildman–Crippen MR) is 111 cm³/mol. The van der Waals surface area contributed by atoms with E-state index in [9.17, 15) is 18.0 Å². The maximum Gasteiger partial charge on any atom is 0.340 e. The Hall–Kier alpha value is -1.68. The SMILES string of the molecule is C[C@H]1CCC[C@H](C)N1C(=O)COC(=O)c1cc(S(=O)(=O)N2CCOCC2)ccc1Cl. The van der Waals surface area contributed by atoms with Crippen molar-refractivity contribution >= 4 is 33.5 Å². The minimum absolute atomic E-state index is 0.0506. The molecule has 3 rings (SSSR count). The van der Waals surface area contributed by atoms with Crippen LogP contribution in [0, 0.1) is 0 Å². The third-order valence-electron chi connectivity index (χ3n) is 5.57. The number of halogens is 1. The van der Waals surface area contributed by atoms with Gasteiger partial charge in [-0.2, -0.15) is 4.31 Å². The van der Waals surface area contributed by atoms with Crippen LogP contribution < -0.4 is 0 Å². The van der Waals surface area contributed by atoms with Gasteiger partial charge in [0.1, 0.15) is 0 Å². The molecular weight excluding hydrogens is 432 g/mol. The van der Waals surface area contributed by atoms with E-state index in [0.717, 1.165) is 19.3 Å². The Morgan fingerprint density at radius 2 is 1.80 bits per heavy atom. The van der Waals surface area contributed by atoms with Gasteiger partial charge in [-0.1, -0.05) is 11.6 Å². The summed E-state index contributed by atoms with van der Waals surface area (Å²) < 4.78 is 37.4. The summed E-state index contributed by atoms with van der Waals surface area (Å²) in [7, 11) is -3.79. The number of amides is 1. The van der Waals surface area contributed by atoms with E-state index in [1.54, 1.807) is 4.90 Å². The summed E-state index contributed by atoms with van der Waals surface area (Å²) in [5, 5.41) is 0.0630. The van der Waals surface area contributed by atoms with Crippen molar-refractivity contribution in [2.45, 2.75) is 50.1 Å². The molecule has 2 fully saturated rings. The summed E-state index contributed by atoms with van der Waals surface area (Å²) in [6.45, 7) is 4.66. The van der Waals surface area contributed by atoms with Crippen LogP contribution in [0.5, 0.6) is 0 Å². The van der Waals surface area contributed by atoms with E-state index in [1.165, 1.54) is 22.5 Å². The molecule has 10 heteroatoms. The topological polar surface area (TPSA) is 93.2 Å². The first-order valence-electron chi connectivity index (χ1n) is 10.1. The Morgan fingerprint density at radius 1 is 1.17 bits per heavy atom. The highest BCUT2D eigenvalue weighted by Gasteiger charge is 2.31. The van der Waals surface area contributed by atoms with E-state index in [0.29, 0.717) is 13.2 Å². The maximum atomic E-state index is 12.8. The van der Waals surface area contributed by atoms with Gasteiger partial charge in [0.15, 0.2) is 6.61 Å². The minimum atomic E-state index is -3.79. The van der Waals surface area contributed by atoms with Crippen LogP contribution in [-0.2, 0) is 24.3 Å². The molecule has 2 aliphatic rings. The van der Waals surface area contributed by atoms with Crippen molar-refractivity contribution < 1.29 is 27.5 Å². The van der Waals surface area contributed by atoms with E-state index in [4.69, 9.17) is 21.1 Å². The number of hydrogen-bond donors (Lipinski definition) is 0. The van der Waals surface area contributed by atoms with Crippen LogP contribution in [0.4, 0.5) is 0 Å². The minimum Gasteiger partial charge on any atom is -0.452 e. The molecule has 2 aliphatic heterocycles. The Balaban J connectivity index is 1.71. The van der Waals surface area contributed by atoms with Gasteiger partial charge in [0.05, 0.1) is 28.7 Å². The van der Waals surface area contributed by atoms with Crippen LogP contribution in [0.3, 0.4) is 0 Å². The normalized spacial score (nSPS) is 23.2. The molecule has 0 unspecified atom stereocenters. The number of benzene rings is 1. The fourth-order valence-electron chi connectivity index (χ4n) is 3.95. The number of ether oxygens (including phenoxy) is 2. The fourth-order valence-corrected chi connectivity index (χ4v) is 5.58. The van der Waals surface area contributed by atoms with Crippen molar-refractivity contribution in [1.29, 1.82) is 0 Å². The van der Waals surface area contributed by atoms with Crippen LogP contribution in [0.1, 0.15) is 43.5 Å². The average molecular weight is 459 g/mol. The van der Waals surface area contributed by atoms with Crippen LogP contribution in [0.2, 0.25) is 5.02 Å². The molecule has 2 saturated heterocycles. The molecule has 0 N–H and O–H groups in total. The molecule has 8 nitrogen and oxygen atoms in total. The second-order valence-corrected chi connectivity index (χ2v) is 10.0. The van der Waals surface area contributed by atoms with Gasteiger partial charge in [0.25, 0.3) is 5.91 Å². The molecule has 2 atom stereocenters. The molecular formula is C20H27ClN2O6S. The van der Waals surface area contributed by atoms with Crippen LogP contribution >= 0.6 is 11.6 Å². The summed E-state index contributed by atoms with van der Waals surface area (Å²) in [6.07, 6.45) is 2.89. The summed E-state index contributed by atoms with van der Waals surface area (Å²) in [5.41, 5.74) is -0.0847. The first kappa shape index (κ1) is 23.0. The molecule has 1 aromatic rings. The lowest BCUT2D eigenvalue weighted by molar-refractivity contribution is -0.140. The molecule has 30 heavy (non-hydrogen) atoms. The Kier molecular flexibility index (Phi) is 7.38. The van der Waals surface area contributed by atoms with Gasteiger partial charge in [0, 0.05) is 25.2 Å². The fraction of sp³-hybridized carbons (Fsp3) is 0.600. The van der Waals surface area contributed by atoms with Crippen LogP contribution in [0.15, 0.2) is 23.1 Å². The molecule has 0 radical (unpaired) electrons. The lowest BCUT2D eigenvalue weighted by Gasteiger charge is -2.38. The number of esters is 1. The molecule has 0 aromatic heterocycles. The number of nitrogens with zero attached hydrogens (tertiary/aromatic N) is 2. The predicted octanol–water partition coefficient (Wildman–Crippen LogP) is 2.31. The van der Waals surface area contributed by atoms with Gasteiger partial charge in [-0.05, 0) is 51.3 Å². The van der Waals surface area contributed by atoms with Gasteiger partial charge in [0.2, 0.25) is 10.0 Å². The average Bonchev–Trinajstić information content (AvgIpc) is 2.72. The summed E-state index contributed by atoms with van der Waals surface area (Å²) in [4.78, 5) is 26.8. The van der Waals surface area contributed by atoms with E-state index < -0.39 is 22.6 Å². The van der Waals surface area contributed by atoms with Crippen LogP contribution in [0.25, 0.3) is 0 Å². The van der Waals surface area contributed by atoms with Gasteiger partial charge >= 0.3 is 5.97 Å². The zero-order valence-corrected chi connectivity index (χ0v) is 18.7. The van der Waals surface area contributed by atoms with Crippen molar-refractivity contribution in [3.8, 4) is 0 Å².